The third-order valence-corrected chi connectivity index (χ3v) is 4.39. The standard InChI is InChI=1S/C14H15ClN2O3S/c1-2-11-14(20)16-12(18)7-17(11)13(19)8-21-10-5-3-9(15)4-6-10/h3-6,11H,2,7-8H2,1H3,(H,16,18,20). The number of halogens is 1. The van der Waals surface area contributed by atoms with Gasteiger partial charge in [-0.2, -0.15) is 0 Å². The molecule has 5 nitrogen and oxygen atoms in total. The number of carbonyl (C=O) groups excluding carboxylic acids is 3. The van der Waals surface area contributed by atoms with Crippen molar-refractivity contribution < 1.29 is 14.4 Å². The number of imide groups is 1. The number of piperazine rings is 1. The smallest absolute Gasteiger partial charge is 0.249 e. The number of amides is 3. The summed E-state index contributed by atoms with van der Waals surface area (Å²) in [5.41, 5.74) is 0. The highest BCUT2D eigenvalue weighted by molar-refractivity contribution is 8.00. The van der Waals surface area contributed by atoms with Crippen LogP contribution in [-0.4, -0.2) is 41.0 Å². The molecule has 0 spiro atoms. The fourth-order valence-corrected chi connectivity index (χ4v) is 3.00. The fraction of sp³-hybridized carbons (Fsp3) is 0.357. The number of nitrogens with one attached hydrogen (secondary N) is 1. The molecule has 1 heterocycles. The van der Waals surface area contributed by atoms with Crippen molar-refractivity contribution in [3.8, 4) is 0 Å². The van der Waals surface area contributed by atoms with E-state index in [-0.39, 0.29) is 18.2 Å². The Hall–Kier alpha value is -1.53. The molecule has 1 atom stereocenters. The first-order valence-corrected chi connectivity index (χ1v) is 7.89. The second-order valence-corrected chi connectivity index (χ2v) is 6.09. The van der Waals surface area contributed by atoms with Gasteiger partial charge in [0.15, 0.2) is 0 Å². The van der Waals surface area contributed by atoms with Crippen LogP contribution in [0.5, 0.6) is 0 Å². The molecule has 0 radical (unpaired) electrons. The summed E-state index contributed by atoms with van der Waals surface area (Å²) in [5.74, 6) is -0.878. The van der Waals surface area contributed by atoms with Crippen LogP contribution < -0.4 is 5.32 Å². The van der Waals surface area contributed by atoms with Crippen molar-refractivity contribution in [3.63, 3.8) is 0 Å². The lowest BCUT2D eigenvalue weighted by Crippen LogP contribution is -2.59. The first-order valence-electron chi connectivity index (χ1n) is 6.52. The Morgan fingerprint density at radius 2 is 2.05 bits per heavy atom. The molecular formula is C14H15ClN2O3S. The van der Waals surface area contributed by atoms with Gasteiger partial charge in [0.2, 0.25) is 17.7 Å². The van der Waals surface area contributed by atoms with Gasteiger partial charge in [-0.3, -0.25) is 19.7 Å². The fourth-order valence-electron chi connectivity index (χ4n) is 2.09. The highest BCUT2D eigenvalue weighted by atomic mass is 35.5. The predicted molar refractivity (Wildman–Crippen MR) is 81.1 cm³/mol. The molecule has 112 valence electrons. The summed E-state index contributed by atoms with van der Waals surface area (Å²) < 4.78 is 0. The molecule has 0 saturated carbocycles. The SMILES string of the molecule is CCC1C(=O)NC(=O)CN1C(=O)CSc1ccc(Cl)cc1. The summed E-state index contributed by atoms with van der Waals surface area (Å²) in [6.07, 6.45) is 0.483. The maximum absolute atomic E-state index is 12.2. The zero-order valence-electron chi connectivity index (χ0n) is 11.5. The quantitative estimate of drug-likeness (QED) is 0.675. The zero-order valence-corrected chi connectivity index (χ0v) is 13.0. The van der Waals surface area contributed by atoms with Crippen molar-refractivity contribution in [2.24, 2.45) is 0 Å². The molecule has 7 heteroatoms. The third kappa shape index (κ3) is 3.98. The Labute approximate surface area is 132 Å². The highest BCUT2D eigenvalue weighted by Gasteiger charge is 2.35. The summed E-state index contributed by atoms with van der Waals surface area (Å²) in [7, 11) is 0. The number of benzene rings is 1. The van der Waals surface area contributed by atoms with Crippen LogP contribution in [-0.2, 0) is 14.4 Å². The van der Waals surface area contributed by atoms with E-state index >= 15 is 0 Å². The van der Waals surface area contributed by atoms with Crippen molar-refractivity contribution in [1.29, 1.82) is 0 Å². The second-order valence-electron chi connectivity index (χ2n) is 4.60. The number of hydrogen-bond donors (Lipinski definition) is 1. The van der Waals surface area contributed by atoms with Crippen LogP contribution in [0, 0.1) is 0 Å². The van der Waals surface area contributed by atoms with E-state index in [0.29, 0.717) is 11.4 Å². The van der Waals surface area contributed by atoms with Gasteiger partial charge in [0.1, 0.15) is 12.6 Å². The van der Waals surface area contributed by atoms with Crippen molar-refractivity contribution in [2.45, 2.75) is 24.3 Å². The molecule has 3 amide bonds. The Balaban J connectivity index is 1.99. The molecule has 1 aromatic rings. The molecule has 0 aliphatic carbocycles. The predicted octanol–water partition coefficient (Wildman–Crippen LogP) is 1.70. The first-order chi connectivity index (χ1) is 10.0. The van der Waals surface area contributed by atoms with E-state index in [1.54, 1.807) is 12.1 Å². The van der Waals surface area contributed by atoms with E-state index in [9.17, 15) is 14.4 Å². The van der Waals surface area contributed by atoms with Crippen LogP contribution in [0.4, 0.5) is 0 Å². The Morgan fingerprint density at radius 3 is 2.67 bits per heavy atom. The molecule has 1 aliphatic heterocycles. The maximum atomic E-state index is 12.2. The Kier molecular flexibility index (Phi) is 5.25. The van der Waals surface area contributed by atoms with Gasteiger partial charge in [0.25, 0.3) is 0 Å². The molecule has 0 bridgehead atoms. The van der Waals surface area contributed by atoms with Gasteiger partial charge < -0.3 is 4.90 Å². The first kappa shape index (κ1) is 15.9. The van der Waals surface area contributed by atoms with E-state index in [1.807, 2.05) is 19.1 Å². The Morgan fingerprint density at radius 1 is 1.38 bits per heavy atom. The molecule has 1 unspecified atom stereocenters. The van der Waals surface area contributed by atoms with Crippen molar-refractivity contribution in [2.75, 3.05) is 12.3 Å². The van der Waals surface area contributed by atoms with E-state index in [0.717, 1.165) is 4.90 Å². The lowest BCUT2D eigenvalue weighted by Gasteiger charge is -2.33. The second kappa shape index (κ2) is 6.95. The average Bonchev–Trinajstić information content (AvgIpc) is 2.45. The van der Waals surface area contributed by atoms with Gasteiger partial charge in [-0.1, -0.05) is 18.5 Å². The number of thioether (sulfide) groups is 1. The summed E-state index contributed by atoms with van der Waals surface area (Å²) in [6, 6.07) is 6.58. The van der Waals surface area contributed by atoms with Crippen LogP contribution in [0.1, 0.15) is 13.3 Å². The van der Waals surface area contributed by atoms with E-state index in [4.69, 9.17) is 11.6 Å². The topological polar surface area (TPSA) is 66.5 Å². The average molecular weight is 327 g/mol. The third-order valence-electron chi connectivity index (χ3n) is 3.14. The molecule has 1 saturated heterocycles. The lowest BCUT2D eigenvalue weighted by molar-refractivity contribution is -0.148. The van der Waals surface area contributed by atoms with Crippen molar-refractivity contribution >= 4 is 41.1 Å². The molecule has 1 fully saturated rings. The summed E-state index contributed by atoms with van der Waals surface area (Å²) in [6.45, 7) is 1.75. The maximum Gasteiger partial charge on any atom is 0.249 e. The van der Waals surface area contributed by atoms with Gasteiger partial charge in [-0.05, 0) is 30.7 Å². The van der Waals surface area contributed by atoms with Gasteiger partial charge in [-0.25, -0.2) is 0 Å². The van der Waals surface area contributed by atoms with Gasteiger partial charge in [0, 0.05) is 9.92 Å². The summed E-state index contributed by atoms with van der Waals surface area (Å²) in [5, 5.41) is 2.89. The molecule has 1 aromatic carbocycles. The van der Waals surface area contributed by atoms with Crippen molar-refractivity contribution in [3.05, 3.63) is 29.3 Å². The lowest BCUT2D eigenvalue weighted by atomic mass is 10.1. The van der Waals surface area contributed by atoms with Gasteiger partial charge in [-0.15, -0.1) is 11.8 Å². The van der Waals surface area contributed by atoms with Crippen LogP contribution in [0.25, 0.3) is 0 Å². The van der Waals surface area contributed by atoms with E-state index in [2.05, 4.69) is 5.32 Å². The van der Waals surface area contributed by atoms with Gasteiger partial charge in [0.05, 0.1) is 5.75 Å². The number of nitrogens with zero attached hydrogens (tertiary/aromatic N) is 1. The van der Waals surface area contributed by atoms with Crippen LogP contribution in [0.3, 0.4) is 0 Å². The molecule has 1 N–H and O–H groups in total. The minimum absolute atomic E-state index is 0.0652. The molecule has 0 aromatic heterocycles. The monoisotopic (exact) mass is 326 g/mol. The van der Waals surface area contributed by atoms with E-state index in [1.165, 1.54) is 16.7 Å². The molecular weight excluding hydrogens is 312 g/mol. The molecule has 1 aliphatic rings. The summed E-state index contributed by atoms with van der Waals surface area (Å²) in [4.78, 5) is 37.6. The van der Waals surface area contributed by atoms with Crippen molar-refractivity contribution in [1.82, 2.24) is 10.2 Å². The number of rotatable bonds is 4. The highest BCUT2D eigenvalue weighted by Crippen LogP contribution is 2.21. The van der Waals surface area contributed by atoms with Crippen LogP contribution in [0.15, 0.2) is 29.2 Å². The van der Waals surface area contributed by atoms with Gasteiger partial charge >= 0.3 is 0 Å². The minimum Gasteiger partial charge on any atom is -0.321 e. The molecule has 21 heavy (non-hydrogen) atoms. The summed E-state index contributed by atoms with van der Waals surface area (Å²) >= 11 is 7.15. The largest absolute Gasteiger partial charge is 0.321 e. The normalized spacial score (nSPS) is 18.6. The minimum atomic E-state index is -0.569. The zero-order chi connectivity index (χ0) is 15.4. The van der Waals surface area contributed by atoms with Crippen LogP contribution >= 0.6 is 23.4 Å². The number of hydrogen-bond acceptors (Lipinski definition) is 4. The Bertz CT molecular complexity index is 562. The number of carbonyl (C=O) groups is 3. The molecule has 2 rings (SSSR count). The van der Waals surface area contributed by atoms with E-state index < -0.39 is 17.9 Å². The van der Waals surface area contributed by atoms with Crippen LogP contribution in [0.2, 0.25) is 5.02 Å².